The molecule has 0 aliphatic heterocycles. The summed E-state index contributed by atoms with van der Waals surface area (Å²) in [4.78, 5) is 14.8. The predicted octanol–water partition coefficient (Wildman–Crippen LogP) is 0.982. The Balaban J connectivity index is 2.26. The topological polar surface area (TPSA) is 86.0 Å². The molecule has 0 saturated heterocycles. The highest BCUT2D eigenvalue weighted by atomic mass is 16.4. The van der Waals surface area contributed by atoms with Crippen LogP contribution in [0.5, 0.6) is 0 Å². The van der Waals surface area contributed by atoms with E-state index in [0.717, 1.165) is 0 Å². The summed E-state index contributed by atoms with van der Waals surface area (Å²) >= 11 is 0. The highest BCUT2D eigenvalue weighted by Gasteiger charge is 2.50. The Hall–Kier alpha value is -2.09. The van der Waals surface area contributed by atoms with E-state index < -0.39 is 11.5 Å². The molecule has 5 nitrogen and oxygen atoms in total. The highest BCUT2D eigenvalue weighted by molar-refractivity contribution is 5.86. The van der Waals surface area contributed by atoms with Gasteiger partial charge < -0.3 is 10.4 Å². The number of pyridine rings is 1. The molecule has 1 aliphatic rings. The van der Waals surface area contributed by atoms with Gasteiger partial charge in [0.05, 0.1) is 5.69 Å². The zero-order chi connectivity index (χ0) is 10.9. The monoisotopic (exact) mass is 203 g/mol. The van der Waals surface area contributed by atoms with Crippen LogP contribution in [0.4, 0.5) is 5.69 Å². The Morgan fingerprint density at radius 2 is 2.40 bits per heavy atom. The normalized spacial score (nSPS) is 16.5. The molecule has 15 heavy (non-hydrogen) atoms. The van der Waals surface area contributed by atoms with Gasteiger partial charge in [-0.05, 0) is 25.0 Å². The van der Waals surface area contributed by atoms with E-state index in [4.69, 9.17) is 10.4 Å². The van der Waals surface area contributed by atoms with Crippen molar-refractivity contribution in [2.24, 2.45) is 0 Å². The summed E-state index contributed by atoms with van der Waals surface area (Å²) in [6.07, 6.45) is 2.67. The molecule has 0 amide bonds. The molecule has 0 spiro atoms. The van der Waals surface area contributed by atoms with Crippen molar-refractivity contribution in [2.75, 3.05) is 5.32 Å². The van der Waals surface area contributed by atoms with E-state index in [9.17, 15) is 4.79 Å². The zero-order valence-electron chi connectivity index (χ0n) is 7.90. The Kier molecular flexibility index (Phi) is 2.05. The molecule has 1 aromatic rings. The maximum Gasteiger partial charge on any atom is 0.329 e. The second kappa shape index (κ2) is 3.24. The van der Waals surface area contributed by atoms with Gasteiger partial charge in [0.15, 0.2) is 5.69 Å². The fraction of sp³-hybridized carbons (Fsp3) is 0.300. The molecule has 1 heterocycles. The molecule has 1 aromatic heterocycles. The first kappa shape index (κ1) is 9.46. The van der Waals surface area contributed by atoms with Crippen molar-refractivity contribution in [1.29, 1.82) is 5.26 Å². The molecule has 0 aromatic carbocycles. The lowest BCUT2D eigenvalue weighted by atomic mass is 10.2. The molecule has 2 N–H and O–H groups in total. The maximum absolute atomic E-state index is 10.9. The Bertz CT molecular complexity index is 446. The van der Waals surface area contributed by atoms with Gasteiger partial charge in [-0.15, -0.1) is 0 Å². The van der Waals surface area contributed by atoms with E-state index >= 15 is 0 Å². The van der Waals surface area contributed by atoms with E-state index in [1.807, 2.05) is 6.07 Å². The van der Waals surface area contributed by atoms with Gasteiger partial charge in [0, 0.05) is 6.20 Å². The van der Waals surface area contributed by atoms with Gasteiger partial charge in [-0.1, -0.05) is 0 Å². The third kappa shape index (κ3) is 1.62. The number of aromatic nitrogens is 1. The minimum absolute atomic E-state index is 0.227. The number of hydrogen-bond donors (Lipinski definition) is 2. The first-order valence-electron chi connectivity index (χ1n) is 4.55. The largest absolute Gasteiger partial charge is 0.480 e. The first-order valence-corrected chi connectivity index (χ1v) is 4.55. The van der Waals surface area contributed by atoms with Gasteiger partial charge >= 0.3 is 5.97 Å². The highest BCUT2D eigenvalue weighted by Crippen LogP contribution is 2.39. The molecule has 0 atom stereocenters. The second-order valence-electron chi connectivity index (χ2n) is 3.52. The average Bonchev–Trinajstić information content (AvgIpc) is 3.00. The fourth-order valence-electron chi connectivity index (χ4n) is 1.37. The third-order valence-corrected chi connectivity index (χ3v) is 2.45. The molecule has 76 valence electrons. The molecule has 1 fully saturated rings. The number of aliphatic carboxylic acids is 1. The molecular weight excluding hydrogens is 194 g/mol. The van der Waals surface area contributed by atoms with Crippen LogP contribution in [0, 0.1) is 11.3 Å². The summed E-state index contributed by atoms with van der Waals surface area (Å²) < 4.78 is 0. The van der Waals surface area contributed by atoms with E-state index in [-0.39, 0.29) is 5.69 Å². The zero-order valence-corrected chi connectivity index (χ0v) is 7.90. The second-order valence-corrected chi connectivity index (χ2v) is 3.52. The number of rotatable bonds is 3. The van der Waals surface area contributed by atoms with Crippen LogP contribution in [-0.2, 0) is 4.79 Å². The van der Waals surface area contributed by atoms with Gasteiger partial charge in [0.25, 0.3) is 0 Å². The maximum atomic E-state index is 10.9. The van der Waals surface area contributed by atoms with Crippen molar-refractivity contribution < 1.29 is 9.90 Å². The van der Waals surface area contributed by atoms with Crippen LogP contribution < -0.4 is 5.32 Å². The predicted molar refractivity (Wildman–Crippen MR) is 52.2 cm³/mol. The standard InChI is InChI=1S/C10H9N3O2/c11-6-8-7(2-1-5-12-8)13-10(3-4-10)9(14)15/h1-2,5,13H,3-4H2,(H,14,15). The number of carbonyl (C=O) groups is 1. The number of hydrogen-bond acceptors (Lipinski definition) is 4. The van der Waals surface area contributed by atoms with Crippen molar-refractivity contribution in [3.63, 3.8) is 0 Å². The average molecular weight is 203 g/mol. The smallest absolute Gasteiger partial charge is 0.329 e. The van der Waals surface area contributed by atoms with Crippen molar-refractivity contribution in [1.82, 2.24) is 4.98 Å². The molecule has 5 heteroatoms. The van der Waals surface area contributed by atoms with Crippen LogP contribution in [0.25, 0.3) is 0 Å². The summed E-state index contributed by atoms with van der Waals surface area (Å²) in [6.45, 7) is 0. The van der Waals surface area contributed by atoms with E-state index in [1.54, 1.807) is 12.1 Å². The Morgan fingerprint density at radius 3 is 2.93 bits per heavy atom. The lowest BCUT2D eigenvalue weighted by molar-refractivity contribution is -0.138. The lowest BCUT2D eigenvalue weighted by Gasteiger charge is -2.13. The number of anilines is 1. The van der Waals surface area contributed by atoms with Crippen LogP contribution in [-0.4, -0.2) is 21.6 Å². The van der Waals surface area contributed by atoms with Crippen LogP contribution in [0.3, 0.4) is 0 Å². The van der Waals surface area contributed by atoms with Gasteiger partial charge in [0.2, 0.25) is 0 Å². The summed E-state index contributed by atoms with van der Waals surface area (Å²) in [5.41, 5.74) is -0.167. The van der Waals surface area contributed by atoms with Crippen LogP contribution in [0.1, 0.15) is 18.5 Å². The first-order chi connectivity index (χ1) is 7.18. The van der Waals surface area contributed by atoms with Gasteiger partial charge in [-0.2, -0.15) is 5.26 Å². The number of carboxylic acids is 1. The molecule has 1 saturated carbocycles. The number of nitrogens with zero attached hydrogens (tertiary/aromatic N) is 2. The van der Waals surface area contributed by atoms with Gasteiger partial charge in [-0.3, -0.25) is 0 Å². The number of carboxylic acid groups (broad SMARTS) is 1. The fourth-order valence-corrected chi connectivity index (χ4v) is 1.37. The minimum atomic E-state index is -0.880. The molecule has 0 unspecified atom stereocenters. The van der Waals surface area contributed by atoms with E-state index in [2.05, 4.69) is 10.3 Å². The molecule has 1 aliphatic carbocycles. The number of nitriles is 1. The van der Waals surface area contributed by atoms with E-state index in [0.29, 0.717) is 18.5 Å². The van der Waals surface area contributed by atoms with Crippen LogP contribution >= 0.6 is 0 Å². The SMILES string of the molecule is N#Cc1ncccc1NC1(C(=O)O)CC1. The minimum Gasteiger partial charge on any atom is -0.480 e. The molecule has 0 radical (unpaired) electrons. The lowest BCUT2D eigenvalue weighted by Crippen LogP contribution is -2.31. The van der Waals surface area contributed by atoms with Crippen molar-refractivity contribution in [2.45, 2.75) is 18.4 Å². The Morgan fingerprint density at radius 1 is 1.67 bits per heavy atom. The van der Waals surface area contributed by atoms with E-state index in [1.165, 1.54) is 6.20 Å². The van der Waals surface area contributed by atoms with Crippen molar-refractivity contribution in [3.8, 4) is 6.07 Å². The summed E-state index contributed by atoms with van der Waals surface area (Å²) in [5, 5.41) is 20.6. The molecule has 0 bridgehead atoms. The number of nitrogens with one attached hydrogen (secondary N) is 1. The Labute approximate surface area is 86.4 Å². The summed E-state index contributed by atoms with van der Waals surface area (Å²) in [5.74, 6) is -0.879. The third-order valence-electron chi connectivity index (χ3n) is 2.45. The van der Waals surface area contributed by atoms with Crippen molar-refractivity contribution in [3.05, 3.63) is 24.0 Å². The summed E-state index contributed by atoms with van der Waals surface area (Å²) in [7, 11) is 0. The van der Waals surface area contributed by atoms with Crippen LogP contribution in [0.15, 0.2) is 18.3 Å². The summed E-state index contributed by atoms with van der Waals surface area (Å²) in [6, 6.07) is 5.25. The van der Waals surface area contributed by atoms with Gasteiger partial charge in [-0.25, -0.2) is 9.78 Å². The quantitative estimate of drug-likeness (QED) is 0.764. The molecule has 2 rings (SSSR count). The molecular formula is C10H9N3O2. The van der Waals surface area contributed by atoms with Crippen molar-refractivity contribution >= 4 is 11.7 Å². The van der Waals surface area contributed by atoms with Gasteiger partial charge in [0.1, 0.15) is 11.6 Å². The van der Waals surface area contributed by atoms with Crippen LogP contribution in [0.2, 0.25) is 0 Å².